The Kier molecular flexibility index (Phi) is 4.87. The van der Waals surface area contributed by atoms with Crippen molar-refractivity contribution < 1.29 is 14.6 Å². The molecule has 0 spiro atoms. The van der Waals surface area contributed by atoms with Gasteiger partial charge in [-0.25, -0.2) is 4.98 Å². The van der Waals surface area contributed by atoms with Crippen LogP contribution in [0.5, 0.6) is 0 Å². The van der Waals surface area contributed by atoms with Crippen LogP contribution in [0.3, 0.4) is 0 Å². The molecular weight excluding hydrogens is 266 g/mol. The summed E-state index contributed by atoms with van der Waals surface area (Å²) in [5.41, 5.74) is 4.98. The van der Waals surface area contributed by atoms with Gasteiger partial charge in [0.15, 0.2) is 0 Å². The third kappa shape index (κ3) is 3.97. The molecule has 0 radical (unpaired) electrons. The van der Waals surface area contributed by atoms with Crippen LogP contribution < -0.4 is 11.1 Å². The van der Waals surface area contributed by atoms with E-state index >= 15 is 0 Å². The molecule has 1 aromatic rings. The van der Waals surface area contributed by atoms with E-state index in [0.29, 0.717) is 44.7 Å². The number of thiazole rings is 1. The zero-order valence-electron chi connectivity index (χ0n) is 10.7. The van der Waals surface area contributed by atoms with Crippen molar-refractivity contribution in [1.82, 2.24) is 10.3 Å². The average molecular weight is 285 g/mol. The van der Waals surface area contributed by atoms with E-state index in [2.05, 4.69) is 10.3 Å². The third-order valence-corrected chi connectivity index (χ3v) is 4.05. The van der Waals surface area contributed by atoms with Crippen LogP contribution in [0.2, 0.25) is 0 Å². The van der Waals surface area contributed by atoms with Gasteiger partial charge in [-0.3, -0.25) is 4.79 Å². The molecule has 6 nitrogen and oxygen atoms in total. The number of carbonyl (C=O) groups is 1. The van der Waals surface area contributed by atoms with Crippen molar-refractivity contribution in [1.29, 1.82) is 0 Å². The molecule has 4 N–H and O–H groups in total. The van der Waals surface area contributed by atoms with Gasteiger partial charge in [0.25, 0.3) is 5.91 Å². The monoisotopic (exact) mass is 285 g/mol. The smallest absolute Gasteiger partial charge is 0.270 e. The van der Waals surface area contributed by atoms with Gasteiger partial charge in [0.2, 0.25) is 0 Å². The van der Waals surface area contributed by atoms with Gasteiger partial charge >= 0.3 is 0 Å². The van der Waals surface area contributed by atoms with Crippen LogP contribution in [0.4, 0.5) is 0 Å². The molecule has 1 saturated heterocycles. The molecule has 1 fully saturated rings. The quantitative estimate of drug-likeness (QED) is 0.703. The van der Waals surface area contributed by atoms with Gasteiger partial charge < -0.3 is 20.9 Å². The van der Waals surface area contributed by atoms with Crippen LogP contribution in [0.15, 0.2) is 5.38 Å². The predicted octanol–water partition coefficient (Wildman–Crippen LogP) is -0.0844. The van der Waals surface area contributed by atoms with Crippen LogP contribution in [-0.4, -0.2) is 47.9 Å². The molecule has 2 rings (SSSR count). The lowest BCUT2D eigenvalue weighted by Gasteiger charge is -2.31. The number of hydrogen-bond donors (Lipinski definition) is 3. The minimum absolute atomic E-state index is 0.235. The van der Waals surface area contributed by atoms with Gasteiger partial charge in [0.1, 0.15) is 5.69 Å². The number of rotatable bonds is 5. The highest BCUT2D eigenvalue weighted by Gasteiger charge is 2.30. The fraction of sp³-hybridized carbons (Fsp3) is 0.667. The summed E-state index contributed by atoms with van der Waals surface area (Å²) in [6.45, 7) is 1.82. The van der Waals surface area contributed by atoms with Crippen molar-refractivity contribution in [2.75, 3.05) is 26.3 Å². The molecule has 106 valence electrons. The van der Waals surface area contributed by atoms with Crippen molar-refractivity contribution in [3.8, 4) is 0 Å². The molecule has 7 heteroatoms. The second kappa shape index (κ2) is 6.42. The maximum atomic E-state index is 11.9. The van der Waals surface area contributed by atoms with Crippen molar-refractivity contribution >= 4 is 17.2 Å². The standard InChI is InChI=1S/C12H19N3O3S/c13-4-1-10-15-9(7-19-10)11(16)14-8-12(17)2-5-18-6-3-12/h7,17H,1-6,8,13H2,(H,14,16). The first-order valence-corrected chi connectivity index (χ1v) is 7.24. The van der Waals surface area contributed by atoms with Gasteiger partial charge in [-0.15, -0.1) is 11.3 Å². The summed E-state index contributed by atoms with van der Waals surface area (Å²) in [5.74, 6) is -0.251. The first-order valence-electron chi connectivity index (χ1n) is 6.36. The van der Waals surface area contributed by atoms with Crippen LogP contribution in [0.1, 0.15) is 28.3 Å². The number of nitrogens with one attached hydrogen (secondary N) is 1. The molecule has 0 aromatic carbocycles. The van der Waals surface area contributed by atoms with E-state index in [1.165, 1.54) is 11.3 Å². The fourth-order valence-electron chi connectivity index (χ4n) is 1.92. The van der Waals surface area contributed by atoms with Crippen molar-refractivity contribution in [2.45, 2.75) is 24.9 Å². The summed E-state index contributed by atoms with van der Waals surface area (Å²) in [7, 11) is 0. The molecule has 0 aliphatic carbocycles. The topological polar surface area (TPSA) is 97.5 Å². The average Bonchev–Trinajstić information content (AvgIpc) is 2.86. The van der Waals surface area contributed by atoms with Crippen molar-refractivity contribution in [2.24, 2.45) is 5.73 Å². The second-order valence-corrected chi connectivity index (χ2v) is 5.63. The lowest BCUT2D eigenvalue weighted by molar-refractivity contribution is -0.0605. The fourth-order valence-corrected chi connectivity index (χ4v) is 2.71. The number of carbonyl (C=O) groups excluding carboxylic acids is 1. The molecule has 1 aliphatic rings. The van der Waals surface area contributed by atoms with Crippen LogP contribution in [-0.2, 0) is 11.2 Å². The normalized spacial score (nSPS) is 18.2. The Bertz CT molecular complexity index is 430. The maximum Gasteiger partial charge on any atom is 0.270 e. The SMILES string of the molecule is NCCc1nc(C(=O)NCC2(O)CCOCC2)cs1. The molecule has 0 unspecified atom stereocenters. The van der Waals surface area contributed by atoms with Crippen molar-refractivity contribution in [3.05, 3.63) is 16.1 Å². The van der Waals surface area contributed by atoms with E-state index in [1.54, 1.807) is 5.38 Å². The largest absolute Gasteiger partial charge is 0.388 e. The number of amides is 1. The molecule has 1 amide bonds. The lowest BCUT2D eigenvalue weighted by atomic mass is 9.94. The Morgan fingerprint density at radius 3 is 3.00 bits per heavy atom. The van der Waals surface area contributed by atoms with Gasteiger partial charge in [-0.1, -0.05) is 0 Å². The summed E-state index contributed by atoms with van der Waals surface area (Å²) in [5, 5.41) is 15.5. The molecular formula is C12H19N3O3S. The first-order chi connectivity index (χ1) is 9.13. The Labute approximate surface area is 116 Å². The number of aromatic nitrogens is 1. The highest BCUT2D eigenvalue weighted by molar-refractivity contribution is 7.09. The van der Waals surface area contributed by atoms with Crippen LogP contribution >= 0.6 is 11.3 Å². The zero-order valence-corrected chi connectivity index (χ0v) is 11.5. The minimum Gasteiger partial charge on any atom is -0.388 e. The molecule has 0 atom stereocenters. The molecule has 0 bridgehead atoms. The number of nitrogens with two attached hydrogens (primary N) is 1. The zero-order chi connectivity index (χ0) is 13.7. The summed E-state index contributed by atoms with van der Waals surface area (Å²) < 4.78 is 5.19. The minimum atomic E-state index is -0.857. The van der Waals surface area contributed by atoms with E-state index < -0.39 is 5.60 Å². The van der Waals surface area contributed by atoms with Gasteiger partial charge in [-0.2, -0.15) is 0 Å². The van der Waals surface area contributed by atoms with E-state index in [1.807, 2.05) is 0 Å². The maximum absolute atomic E-state index is 11.9. The summed E-state index contributed by atoms with van der Waals surface area (Å²) in [6, 6.07) is 0. The summed E-state index contributed by atoms with van der Waals surface area (Å²) >= 11 is 1.43. The highest BCUT2D eigenvalue weighted by atomic mass is 32.1. The lowest BCUT2D eigenvalue weighted by Crippen LogP contribution is -2.46. The second-order valence-electron chi connectivity index (χ2n) is 4.68. The molecule has 1 aromatic heterocycles. The van der Waals surface area contributed by atoms with Crippen molar-refractivity contribution in [3.63, 3.8) is 0 Å². The Morgan fingerprint density at radius 2 is 2.32 bits per heavy atom. The third-order valence-electron chi connectivity index (χ3n) is 3.14. The first kappa shape index (κ1) is 14.4. The van der Waals surface area contributed by atoms with E-state index in [0.717, 1.165) is 5.01 Å². The van der Waals surface area contributed by atoms with E-state index in [9.17, 15) is 9.90 Å². The number of aliphatic hydroxyl groups is 1. The Morgan fingerprint density at radius 1 is 1.58 bits per heavy atom. The van der Waals surface area contributed by atoms with Gasteiger partial charge in [0.05, 0.1) is 10.6 Å². The number of nitrogens with zero attached hydrogens (tertiary/aromatic N) is 1. The Balaban J connectivity index is 1.86. The molecule has 1 aliphatic heterocycles. The molecule has 19 heavy (non-hydrogen) atoms. The summed E-state index contributed by atoms with van der Waals surface area (Å²) in [6.07, 6.45) is 1.77. The predicted molar refractivity (Wildman–Crippen MR) is 72.2 cm³/mol. The van der Waals surface area contributed by atoms with Crippen LogP contribution in [0.25, 0.3) is 0 Å². The summed E-state index contributed by atoms with van der Waals surface area (Å²) in [4.78, 5) is 16.1. The van der Waals surface area contributed by atoms with Crippen LogP contribution in [0, 0.1) is 0 Å². The van der Waals surface area contributed by atoms with Gasteiger partial charge in [0, 0.05) is 44.4 Å². The number of hydrogen-bond acceptors (Lipinski definition) is 6. The molecule has 2 heterocycles. The number of ether oxygens (including phenoxy) is 1. The van der Waals surface area contributed by atoms with E-state index in [-0.39, 0.29) is 12.5 Å². The van der Waals surface area contributed by atoms with Gasteiger partial charge in [-0.05, 0) is 6.54 Å². The molecule has 0 saturated carbocycles. The van der Waals surface area contributed by atoms with E-state index in [4.69, 9.17) is 10.5 Å². The highest BCUT2D eigenvalue weighted by Crippen LogP contribution is 2.19. The Hall–Kier alpha value is -1.02.